The third kappa shape index (κ3) is 1.42. The van der Waals surface area contributed by atoms with Gasteiger partial charge in [0.1, 0.15) is 0 Å². The Morgan fingerprint density at radius 3 is 2.67 bits per heavy atom. The van der Waals surface area contributed by atoms with E-state index < -0.39 is 5.60 Å². The summed E-state index contributed by atoms with van der Waals surface area (Å²) in [6, 6.07) is 0.206. The van der Waals surface area contributed by atoms with Crippen LogP contribution < -0.4 is 5.32 Å². The van der Waals surface area contributed by atoms with Gasteiger partial charge in [-0.15, -0.1) is 0 Å². The van der Waals surface area contributed by atoms with Crippen LogP contribution in [0, 0.1) is 0 Å². The molecule has 52 valence electrons. The summed E-state index contributed by atoms with van der Waals surface area (Å²) in [4.78, 5) is 9.83. The van der Waals surface area contributed by atoms with Crippen molar-refractivity contribution in [1.29, 1.82) is 0 Å². The van der Waals surface area contributed by atoms with Gasteiger partial charge in [0.25, 0.3) is 0 Å². The molecule has 0 aromatic carbocycles. The third-order valence-corrected chi connectivity index (χ3v) is 1.68. The SMILES string of the molecule is CC1(O)CC(NC=O)C1. The summed E-state index contributed by atoms with van der Waals surface area (Å²) in [6.07, 6.45) is 2.05. The van der Waals surface area contributed by atoms with Crippen molar-refractivity contribution in [3.8, 4) is 0 Å². The van der Waals surface area contributed by atoms with Gasteiger partial charge in [-0.3, -0.25) is 4.79 Å². The molecule has 0 heterocycles. The van der Waals surface area contributed by atoms with Gasteiger partial charge in [-0.25, -0.2) is 0 Å². The first-order valence-electron chi connectivity index (χ1n) is 3.06. The lowest BCUT2D eigenvalue weighted by Gasteiger charge is -2.40. The third-order valence-electron chi connectivity index (χ3n) is 1.68. The van der Waals surface area contributed by atoms with Crippen LogP contribution in [0.3, 0.4) is 0 Å². The predicted octanol–water partition coefficient (Wildman–Crippen LogP) is -0.354. The Bertz CT molecular complexity index is 114. The number of rotatable bonds is 2. The van der Waals surface area contributed by atoms with Gasteiger partial charge in [-0.1, -0.05) is 0 Å². The van der Waals surface area contributed by atoms with Gasteiger partial charge >= 0.3 is 0 Å². The highest BCUT2D eigenvalue weighted by Crippen LogP contribution is 2.30. The summed E-state index contributed by atoms with van der Waals surface area (Å²) < 4.78 is 0. The molecule has 0 atom stereocenters. The van der Waals surface area contributed by atoms with Crippen molar-refractivity contribution in [2.75, 3.05) is 0 Å². The van der Waals surface area contributed by atoms with E-state index in [0.29, 0.717) is 19.3 Å². The van der Waals surface area contributed by atoms with Gasteiger partial charge in [-0.05, 0) is 19.8 Å². The first-order valence-corrected chi connectivity index (χ1v) is 3.06. The van der Waals surface area contributed by atoms with Crippen LogP contribution in [0.5, 0.6) is 0 Å². The number of hydrogen-bond acceptors (Lipinski definition) is 2. The summed E-state index contributed by atoms with van der Waals surface area (Å²) in [5.41, 5.74) is -0.527. The average molecular weight is 129 g/mol. The first kappa shape index (κ1) is 6.55. The van der Waals surface area contributed by atoms with Gasteiger partial charge < -0.3 is 10.4 Å². The highest BCUT2D eigenvalue weighted by molar-refractivity contribution is 5.47. The number of carbonyl (C=O) groups is 1. The fourth-order valence-electron chi connectivity index (χ4n) is 1.22. The number of nitrogens with one attached hydrogen (secondary N) is 1. The summed E-state index contributed by atoms with van der Waals surface area (Å²) in [5.74, 6) is 0. The smallest absolute Gasteiger partial charge is 0.207 e. The molecule has 0 unspecified atom stereocenters. The maximum atomic E-state index is 9.83. The fourth-order valence-corrected chi connectivity index (χ4v) is 1.22. The lowest BCUT2D eigenvalue weighted by Crippen LogP contribution is -2.51. The Kier molecular flexibility index (Phi) is 1.45. The van der Waals surface area contributed by atoms with Crippen molar-refractivity contribution >= 4 is 6.41 Å². The van der Waals surface area contributed by atoms with E-state index in [4.69, 9.17) is 5.11 Å². The second kappa shape index (κ2) is 1.99. The Morgan fingerprint density at radius 1 is 1.78 bits per heavy atom. The molecule has 1 aliphatic carbocycles. The summed E-state index contributed by atoms with van der Waals surface area (Å²) >= 11 is 0. The topological polar surface area (TPSA) is 49.3 Å². The molecule has 0 aromatic rings. The molecule has 0 radical (unpaired) electrons. The van der Waals surface area contributed by atoms with Gasteiger partial charge in [-0.2, -0.15) is 0 Å². The van der Waals surface area contributed by atoms with Crippen LogP contribution in [0.4, 0.5) is 0 Å². The Hall–Kier alpha value is -0.570. The standard InChI is InChI=1S/C6H11NO2/c1-6(9)2-5(3-6)7-4-8/h4-5,9H,2-3H2,1H3,(H,7,8). The van der Waals surface area contributed by atoms with Crippen LogP contribution in [-0.2, 0) is 4.79 Å². The average Bonchev–Trinajstić information content (AvgIpc) is 1.62. The maximum Gasteiger partial charge on any atom is 0.207 e. The fraction of sp³-hybridized carbons (Fsp3) is 0.833. The van der Waals surface area contributed by atoms with Crippen molar-refractivity contribution in [2.45, 2.75) is 31.4 Å². The van der Waals surface area contributed by atoms with E-state index in [9.17, 15) is 4.79 Å². The summed E-state index contributed by atoms with van der Waals surface area (Å²) in [5, 5.41) is 11.8. The van der Waals surface area contributed by atoms with E-state index in [0.717, 1.165) is 0 Å². The molecule has 0 saturated heterocycles. The van der Waals surface area contributed by atoms with Crippen LogP contribution in [0.25, 0.3) is 0 Å². The van der Waals surface area contributed by atoms with Crippen molar-refractivity contribution in [3.05, 3.63) is 0 Å². The van der Waals surface area contributed by atoms with Gasteiger partial charge in [0.15, 0.2) is 0 Å². The first-order chi connectivity index (χ1) is 4.14. The van der Waals surface area contributed by atoms with E-state index in [1.54, 1.807) is 6.92 Å². The Labute approximate surface area is 54.1 Å². The molecule has 0 bridgehead atoms. The van der Waals surface area contributed by atoms with Crippen molar-refractivity contribution in [3.63, 3.8) is 0 Å². The van der Waals surface area contributed by atoms with Gasteiger partial charge in [0.05, 0.1) is 5.60 Å². The molecule has 0 aliphatic heterocycles. The second-order valence-corrected chi connectivity index (χ2v) is 2.89. The summed E-state index contributed by atoms with van der Waals surface area (Å²) in [6.45, 7) is 1.77. The largest absolute Gasteiger partial charge is 0.390 e. The summed E-state index contributed by atoms with van der Waals surface area (Å²) in [7, 11) is 0. The highest BCUT2D eigenvalue weighted by atomic mass is 16.3. The molecule has 3 heteroatoms. The Balaban J connectivity index is 2.19. The molecule has 1 fully saturated rings. The molecular weight excluding hydrogens is 118 g/mol. The second-order valence-electron chi connectivity index (χ2n) is 2.89. The zero-order valence-corrected chi connectivity index (χ0v) is 5.42. The number of aliphatic hydroxyl groups is 1. The molecule has 3 nitrogen and oxygen atoms in total. The van der Waals surface area contributed by atoms with Crippen LogP contribution >= 0.6 is 0 Å². The van der Waals surface area contributed by atoms with E-state index in [-0.39, 0.29) is 6.04 Å². The van der Waals surface area contributed by atoms with Crippen LogP contribution in [0.1, 0.15) is 19.8 Å². The van der Waals surface area contributed by atoms with E-state index >= 15 is 0 Å². The molecule has 1 amide bonds. The zero-order valence-electron chi connectivity index (χ0n) is 5.42. The van der Waals surface area contributed by atoms with Crippen LogP contribution in [0.2, 0.25) is 0 Å². The minimum Gasteiger partial charge on any atom is -0.390 e. The quantitative estimate of drug-likeness (QED) is 0.500. The van der Waals surface area contributed by atoms with Gasteiger partial charge in [0, 0.05) is 6.04 Å². The van der Waals surface area contributed by atoms with E-state index in [1.807, 2.05) is 0 Å². The number of hydrogen-bond donors (Lipinski definition) is 2. The molecule has 1 saturated carbocycles. The minimum atomic E-state index is -0.527. The molecule has 2 N–H and O–H groups in total. The van der Waals surface area contributed by atoms with E-state index in [2.05, 4.69) is 5.32 Å². The molecule has 9 heavy (non-hydrogen) atoms. The monoisotopic (exact) mass is 129 g/mol. The normalized spacial score (nSPS) is 41.3. The number of amides is 1. The van der Waals surface area contributed by atoms with Crippen molar-refractivity contribution in [1.82, 2.24) is 5.32 Å². The molecule has 0 aromatic heterocycles. The van der Waals surface area contributed by atoms with Crippen molar-refractivity contribution < 1.29 is 9.90 Å². The Morgan fingerprint density at radius 2 is 2.33 bits per heavy atom. The maximum absolute atomic E-state index is 9.83. The molecule has 0 spiro atoms. The predicted molar refractivity (Wildman–Crippen MR) is 32.8 cm³/mol. The molecule has 1 rings (SSSR count). The van der Waals surface area contributed by atoms with Gasteiger partial charge in [0.2, 0.25) is 6.41 Å². The zero-order chi connectivity index (χ0) is 6.91. The van der Waals surface area contributed by atoms with Crippen LogP contribution in [-0.4, -0.2) is 23.2 Å². The van der Waals surface area contributed by atoms with Crippen molar-refractivity contribution in [2.24, 2.45) is 0 Å². The van der Waals surface area contributed by atoms with E-state index in [1.165, 1.54) is 0 Å². The minimum absolute atomic E-state index is 0.206. The van der Waals surface area contributed by atoms with Crippen LogP contribution in [0.15, 0.2) is 0 Å². The lowest BCUT2D eigenvalue weighted by molar-refractivity contribution is -0.113. The lowest BCUT2D eigenvalue weighted by atomic mass is 9.77. The molecular formula is C6H11NO2. The number of carbonyl (C=O) groups excluding carboxylic acids is 1. The molecule has 1 aliphatic rings. The highest BCUT2D eigenvalue weighted by Gasteiger charge is 2.37.